The van der Waals surface area contributed by atoms with Crippen LogP contribution in [0.4, 0.5) is 0 Å². The van der Waals surface area contributed by atoms with E-state index < -0.39 is 0 Å². The molecule has 2 nitrogen and oxygen atoms in total. The van der Waals surface area contributed by atoms with Crippen molar-refractivity contribution in [2.75, 3.05) is 13.2 Å². The molecule has 2 heterocycles. The van der Waals surface area contributed by atoms with Crippen molar-refractivity contribution in [3.63, 3.8) is 0 Å². The molecular formula is C18H18O2. The van der Waals surface area contributed by atoms with Crippen LogP contribution in [0.15, 0.2) is 48.5 Å². The molecule has 0 aliphatic carbocycles. The van der Waals surface area contributed by atoms with E-state index in [1.807, 2.05) is 0 Å². The summed E-state index contributed by atoms with van der Waals surface area (Å²) in [5.41, 5.74) is 5.27. The summed E-state index contributed by atoms with van der Waals surface area (Å²) >= 11 is 0. The van der Waals surface area contributed by atoms with Crippen molar-refractivity contribution in [1.82, 2.24) is 0 Å². The van der Waals surface area contributed by atoms with E-state index in [1.54, 1.807) is 0 Å². The summed E-state index contributed by atoms with van der Waals surface area (Å²) in [5.74, 6) is 0. The Kier molecular flexibility index (Phi) is 3.06. The molecule has 2 unspecified atom stereocenters. The lowest BCUT2D eigenvalue weighted by atomic mass is 10.00. The second-order valence-corrected chi connectivity index (χ2v) is 5.71. The molecule has 2 aliphatic rings. The van der Waals surface area contributed by atoms with Crippen molar-refractivity contribution in [2.24, 2.45) is 0 Å². The van der Waals surface area contributed by atoms with Crippen molar-refractivity contribution in [3.8, 4) is 11.1 Å². The summed E-state index contributed by atoms with van der Waals surface area (Å²) in [5, 5.41) is 0. The van der Waals surface area contributed by atoms with Gasteiger partial charge in [0.2, 0.25) is 0 Å². The SMILES string of the molecule is c1cc(-c2ccc(CC3CO3)cc2)ccc1CC1CO1. The van der Waals surface area contributed by atoms with Crippen LogP contribution in [0.25, 0.3) is 11.1 Å². The van der Waals surface area contributed by atoms with Crippen molar-refractivity contribution in [1.29, 1.82) is 0 Å². The van der Waals surface area contributed by atoms with Gasteiger partial charge in [0.25, 0.3) is 0 Å². The van der Waals surface area contributed by atoms with Crippen LogP contribution in [0, 0.1) is 0 Å². The molecule has 20 heavy (non-hydrogen) atoms. The normalized spacial score (nSPS) is 23.6. The van der Waals surface area contributed by atoms with E-state index in [4.69, 9.17) is 9.47 Å². The molecule has 4 rings (SSSR count). The van der Waals surface area contributed by atoms with Gasteiger partial charge in [0.15, 0.2) is 0 Å². The van der Waals surface area contributed by atoms with Crippen molar-refractivity contribution in [2.45, 2.75) is 25.0 Å². The van der Waals surface area contributed by atoms with Gasteiger partial charge in [-0.2, -0.15) is 0 Å². The van der Waals surface area contributed by atoms with Crippen molar-refractivity contribution < 1.29 is 9.47 Å². The first kappa shape index (κ1) is 12.1. The Morgan fingerprint density at radius 1 is 0.650 bits per heavy atom. The lowest BCUT2D eigenvalue weighted by Gasteiger charge is -2.05. The molecule has 0 amide bonds. The maximum Gasteiger partial charge on any atom is 0.0850 e. The zero-order chi connectivity index (χ0) is 13.4. The minimum Gasteiger partial charge on any atom is -0.373 e. The van der Waals surface area contributed by atoms with Gasteiger partial charge in [0.05, 0.1) is 25.4 Å². The molecule has 2 fully saturated rings. The lowest BCUT2D eigenvalue weighted by Crippen LogP contribution is -1.93. The largest absolute Gasteiger partial charge is 0.373 e. The summed E-state index contributed by atoms with van der Waals surface area (Å²) in [7, 11) is 0. The lowest BCUT2D eigenvalue weighted by molar-refractivity contribution is 0.407. The van der Waals surface area contributed by atoms with Gasteiger partial charge < -0.3 is 9.47 Å². The Bertz CT molecular complexity index is 522. The fourth-order valence-electron chi connectivity index (χ4n) is 2.56. The Morgan fingerprint density at radius 2 is 1.00 bits per heavy atom. The Labute approximate surface area is 119 Å². The van der Waals surface area contributed by atoms with Gasteiger partial charge in [-0.25, -0.2) is 0 Å². The predicted octanol–water partition coefficient (Wildman–Crippen LogP) is 3.24. The van der Waals surface area contributed by atoms with Gasteiger partial charge in [0.1, 0.15) is 0 Å². The van der Waals surface area contributed by atoms with E-state index in [0.717, 1.165) is 26.1 Å². The molecule has 102 valence electrons. The summed E-state index contributed by atoms with van der Waals surface area (Å²) in [6, 6.07) is 17.7. The maximum absolute atomic E-state index is 5.27. The molecule has 2 saturated heterocycles. The number of epoxide rings is 2. The molecule has 2 aromatic carbocycles. The zero-order valence-corrected chi connectivity index (χ0v) is 11.4. The van der Waals surface area contributed by atoms with Gasteiger partial charge in [-0.1, -0.05) is 48.5 Å². The molecule has 0 spiro atoms. The maximum atomic E-state index is 5.27. The van der Waals surface area contributed by atoms with Gasteiger partial charge >= 0.3 is 0 Å². The minimum absolute atomic E-state index is 0.463. The molecule has 2 aromatic rings. The number of hydrogen-bond acceptors (Lipinski definition) is 2. The Balaban J connectivity index is 1.47. The third-order valence-corrected chi connectivity index (χ3v) is 3.97. The number of rotatable bonds is 5. The molecule has 2 heteroatoms. The first-order valence-electron chi connectivity index (χ1n) is 7.28. The molecular weight excluding hydrogens is 248 g/mol. The number of benzene rings is 2. The van der Waals surface area contributed by atoms with E-state index in [-0.39, 0.29) is 0 Å². The third kappa shape index (κ3) is 2.92. The topological polar surface area (TPSA) is 25.1 Å². The highest BCUT2D eigenvalue weighted by molar-refractivity contribution is 5.64. The summed E-state index contributed by atoms with van der Waals surface area (Å²) < 4.78 is 10.5. The average Bonchev–Trinajstić information content (AvgIpc) is 3.37. The predicted molar refractivity (Wildman–Crippen MR) is 78.8 cm³/mol. The molecule has 2 atom stereocenters. The quantitative estimate of drug-likeness (QED) is 0.776. The van der Waals surface area contributed by atoms with E-state index in [1.165, 1.54) is 22.3 Å². The fourth-order valence-corrected chi connectivity index (χ4v) is 2.56. The molecule has 0 radical (unpaired) electrons. The van der Waals surface area contributed by atoms with Gasteiger partial charge in [-0.3, -0.25) is 0 Å². The van der Waals surface area contributed by atoms with Gasteiger partial charge in [-0.05, 0) is 22.3 Å². The first-order chi connectivity index (χ1) is 9.87. The summed E-state index contributed by atoms with van der Waals surface area (Å²) in [6.07, 6.45) is 3.01. The van der Waals surface area contributed by atoms with Crippen LogP contribution >= 0.6 is 0 Å². The summed E-state index contributed by atoms with van der Waals surface area (Å²) in [6.45, 7) is 1.85. The van der Waals surface area contributed by atoms with Crippen LogP contribution in [0.1, 0.15) is 11.1 Å². The highest BCUT2D eigenvalue weighted by atomic mass is 16.6. The van der Waals surface area contributed by atoms with Crippen molar-refractivity contribution >= 4 is 0 Å². The monoisotopic (exact) mass is 266 g/mol. The van der Waals surface area contributed by atoms with E-state index in [9.17, 15) is 0 Å². The molecule has 0 aromatic heterocycles. The van der Waals surface area contributed by atoms with E-state index in [0.29, 0.717) is 12.2 Å². The van der Waals surface area contributed by atoms with Crippen LogP contribution < -0.4 is 0 Å². The third-order valence-electron chi connectivity index (χ3n) is 3.97. The van der Waals surface area contributed by atoms with E-state index in [2.05, 4.69) is 48.5 Å². The van der Waals surface area contributed by atoms with Crippen LogP contribution in [0.5, 0.6) is 0 Å². The molecule has 0 bridgehead atoms. The van der Waals surface area contributed by atoms with Gasteiger partial charge in [-0.15, -0.1) is 0 Å². The van der Waals surface area contributed by atoms with E-state index >= 15 is 0 Å². The second kappa shape index (κ2) is 5.04. The van der Waals surface area contributed by atoms with Crippen LogP contribution in [0.3, 0.4) is 0 Å². The molecule has 0 N–H and O–H groups in total. The standard InChI is InChI=1S/C18H18O2/c1-5-15(6-2-13(1)9-17-11-19-17)16-7-3-14(4-8-16)10-18-12-20-18/h1-8,17-18H,9-12H2. The smallest absolute Gasteiger partial charge is 0.0850 e. The highest BCUT2D eigenvalue weighted by Gasteiger charge is 2.23. The van der Waals surface area contributed by atoms with Crippen molar-refractivity contribution in [3.05, 3.63) is 59.7 Å². The first-order valence-corrected chi connectivity index (χ1v) is 7.28. The van der Waals surface area contributed by atoms with Crippen LogP contribution in [-0.4, -0.2) is 25.4 Å². The average molecular weight is 266 g/mol. The second-order valence-electron chi connectivity index (χ2n) is 5.71. The minimum atomic E-state index is 0.463. The van der Waals surface area contributed by atoms with Gasteiger partial charge in [0, 0.05) is 12.8 Å². The van der Waals surface area contributed by atoms with Crippen LogP contribution in [0.2, 0.25) is 0 Å². The number of ether oxygens (including phenoxy) is 2. The fraction of sp³-hybridized carbons (Fsp3) is 0.333. The van der Waals surface area contributed by atoms with Crippen LogP contribution in [-0.2, 0) is 22.3 Å². The number of hydrogen-bond donors (Lipinski definition) is 0. The Morgan fingerprint density at radius 3 is 1.30 bits per heavy atom. The Hall–Kier alpha value is -1.64. The summed E-state index contributed by atoms with van der Waals surface area (Å²) in [4.78, 5) is 0. The zero-order valence-electron chi connectivity index (χ0n) is 11.4. The molecule has 0 saturated carbocycles. The molecule has 2 aliphatic heterocycles. The highest BCUT2D eigenvalue weighted by Crippen LogP contribution is 2.24.